The zero-order valence-corrected chi connectivity index (χ0v) is 13.1. The summed E-state index contributed by atoms with van der Waals surface area (Å²) in [6.07, 6.45) is 4.02. The van der Waals surface area contributed by atoms with Gasteiger partial charge in [-0.25, -0.2) is 12.7 Å². The average Bonchev–Trinajstić information content (AvgIpc) is 2.53. The zero-order chi connectivity index (χ0) is 16.0. The van der Waals surface area contributed by atoms with Crippen LogP contribution in [0.1, 0.15) is 16.7 Å². The number of hydrogen-bond donors (Lipinski definition) is 0. The lowest BCUT2D eigenvalue weighted by Crippen LogP contribution is -2.30. The van der Waals surface area contributed by atoms with Gasteiger partial charge in [-0.1, -0.05) is 12.1 Å². The Morgan fingerprint density at radius 3 is 2.59 bits per heavy atom. The quantitative estimate of drug-likeness (QED) is 0.816. The van der Waals surface area contributed by atoms with Crippen molar-refractivity contribution >= 4 is 10.0 Å². The highest BCUT2D eigenvalue weighted by Gasteiger charge is 2.18. The van der Waals surface area contributed by atoms with Gasteiger partial charge in [0.25, 0.3) is 0 Å². The van der Waals surface area contributed by atoms with Crippen LogP contribution >= 0.6 is 0 Å². The highest BCUT2D eigenvalue weighted by Crippen LogP contribution is 2.12. The lowest BCUT2D eigenvalue weighted by atomic mass is 10.2. The molecule has 0 aliphatic rings. The summed E-state index contributed by atoms with van der Waals surface area (Å²) in [5.41, 5.74) is 2.13. The predicted octanol–water partition coefficient (Wildman–Crippen LogP) is 1.96. The molecule has 1 heterocycles. The number of pyridine rings is 1. The van der Waals surface area contributed by atoms with Crippen LogP contribution < -0.4 is 0 Å². The summed E-state index contributed by atoms with van der Waals surface area (Å²) in [4.78, 5) is 3.94. The third-order valence-corrected chi connectivity index (χ3v) is 5.18. The number of nitriles is 1. The smallest absolute Gasteiger partial charge is 0.218 e. The van der Waals surface area contributed by atoms with E-state index >= 15 is 0 Å². The van der Waals surface area contributed by atoms with Crippen molar-refractivity contribution in [2.24, 2.45) is 0 Å². The number of benzene rings is 1. The molecule has 1 aromatic carbocycles. The van der Waals surface area contributed by atoms with Gasteiger partial charge in [0.15, 0.2) is 0 Å². The van der Waals surface area contributed by atoms with Gasteiger partial charge in [0.05, 0.1) is 17.4 Å². The summed E-state index contributed by atoms with van der Waals surface area (Å²) < 4.78 is 26.1. The molecule has 0 atom stereocenters. The molecule has 0 saturated carbocycles. The largest absolute Gasteiger partial charge is 0.265 e. The van der Waals surface area contributed by atoms with Gasteiger partial charge < -0.3 is 0 Å². The number of aromatic nitrogens is 1. The molecule has 5 nitrogen and oxygen atoms in total. The first-order chi connectivity index (χ1) is 10.5. The Kier molecular flexibility index (Phi) is 5.26. The van der Waals surface area contributed by atoms with Gasteiger partial charge in [-0.15, -0.1) is 0 Å². The Morgan fingerprint density at radius 2 is 1.91 bits per heavy atom. The first kappa shape index (κ1) is 16.1. The maximum absolute atomic E-state index is 12.4. The molecule has 2 aromatic rings. The summed E-state index contributed by atoms with van der Waals surface area (Å²) in [6, 6.07) is 12.4. The molecule has 0 N–H and O–H groups in total. The van der Waals surface area contributed by atoms with Crippen molar-refractivity contribution in [2.75, 3.05) is 13.6 Å². The topological polar surface area (TPSA) is 74.1 Å². The number of nitrogens with zero attached hydrogens (tertiary/aromatic N) is 3. The average molecular weight is 315 g/mol. The van der Waals surface area contributed by atoms with Crippen molar-refractivity contribution in [1.82, 2.24) is 9.29 Å². The van der Waals surface area contributed by atoms with E-state index in [1.807, 2.05) is 18.2 Å². The van der Waals surface area contributed by atoms with E-state index in [1.54, 1.807) is 43.7 Å². The van der Waals surface area contributed by atoms with Gasteiger partial charge in [0, 0.05) is 26.0 Å². The van der Waals surface area contributed by atoms with Crippen LogP contribution in [-0.2, 0) is 22.2 Å². The standard InChI is InChI=1S/C16H17N3O2S/c1-19(10-7-14-5-8-18-9-6-14)22(20,21)13-16-4-2-3-15(11-16)12-17/h2-6,8-9,11H,7,10,13H2,1H3. The van der Waals surface area contributed by atoms with E-state index in [-0.39, 0.29) is 5.75 Å². The molecule has 0 radical (unpaired) electrons. The van der Waals surface area contributed by atoms with Gasteiger partial charge in [0.2, 0.25) is 10.0 Å². The van der Waals surface area contributed by atoms with Crippen LogP contribution in [0.4, 0.5) is 0 Å². The maximum Gasteiger partial charge on any atom is 0.218 e. The second-order valence-electron chi connectivity index (χ2n) is 5.00. The Labute approximate surface area is 130 Å². The summed E-state index contributed by atoms with van der Waals surface area (Å²) in [6.45, 7) is 0.407. The van der Waals surface area contributed by atoms with Gasteiger partial charge in [-0.05, 0) is 41.8 Å². The molecular weight excluding hydrogens is 298 g/mol. The lowest BCUT2D eigenvalue weighted by molar-refractivity contribution is 0.471. The highest BCUT2D eigenvalue weighted by atomic mass is 32.2. The third kappa shape index (κ3) is 4.38. The van der Waals surface area contributed by atoms with Gasteiger partial charge in [-0.2, -0.15) is 5.26 Å². The lowest BCUT2D eigenvalue weighted by Gasteiger charge is -2.17. The fraction of sp³-hybridized carbons (Fsp3) is 0.250. The molecular formula is C16H17N3O2S. The van der Waals surface area contributed by atoms with E-state index in [1.165, 1.54) is 4.31 Å². The number of sulfonamides is 1. The molecule has 0 spiro atoms. The van der Waals surface area contributed by atoms with Crippen molar-refractivity contribution < 1.29 is 8.42 Å². The number of hydrogen-bond acceptors (Lipinski definition) is 4. The first-order valence-corrected chi connectivity index (χ1v) is 8.44. The maximum atomic E-state index is 12.4. The predicted molar refractivity (Wildman–Crippen MR) is 84.4 cm³/mol. The van der Waals surface area contributed by atoms with Crippen LogP contribution in [0.15, 0.2) is 48.8 Å². The third-order valence-electron chi connectivity index (χ3n) is 3.34. The molecule has 6 heteroatoms. The molecule has 0 aliphatic heterocycles. The molecule has 1 aromatic heterocycles. The van der Waals surface area contributed by atoms with E-state index in [9.17, 15) is 8.42 Å². The van der Waals surface area contributed by atoms with E-state index in [4.69, 9.17) is 5.26 Å². The monoisotopic (exact) mass is 315 g/mol. The Hall–Kier alpha value is -2.23. The minimum atomic E-state index is -3.40. The van der Waals surface area contributed by atoms with Crippen molar-refractivity contribution in [2.45, 2.75) is 12.2 Å². The molecule has 0 amide bonds. The Balaban J connectivity index is 2.01. The van der Waals surface area contributed by atoms with Crippen LogP contribution in [0.2, 0.25) is 0 Å². The molecule has 0 saturated heterocycles. The molecule has 114 valence electrons. The van der Waals surface area contributed by atoms with E-state index < -0.39 is 10.0 Å². The summed E-state index contributed by atoms with van der Waals surface area (Å²) in [7, 11) is -1.83. The van der Waals surface area contributed by atoms with Crippen molar-refractivity contribution in [1.29, 1.82) is 5.26 Å². The molecule has 0 aliphatic carbocycles. The van der Waals surface area contributed by atoms with E-state index in [2.05, 4.69) is 4.98 Å². The first-order valence-electron chi connectivity index (χ1n) is 6.83. The van der Waals surface area contributed by atoms with E-state index in [0.717, 1.165) is 5.56 Å². The molecule has 0 unspecified atom stereocenters. The minimum Gasteiger partial charge on any atom is -0.265 e. The Bertz CT molecular complexity index is 767. The van der Waals surface area contributed by atoms with Crippen LogP contribution in [0.5, 0.6) is 0 Å². The molecule has 0 bridgehead atoms. The summed E-state index contributed by atoms with van der Waals surface area (Å²) >= 11 is 0. The van der Waals surface area contributed by atoms with Crippen LogP contribution in [0.3, 0.4) is 0 Å². The number of likely N-dealkylation sites (N-methyl/N-ethyl adjacent to an activating group) is 1. The minimum absolute atomic E-state index is 0.102. The zero-order valence-electron chi connectivity index (χ0n) is 12.3. The molecule has 22 heavy (non-hydrogen) atoms. The Morgan fingerprint density at radius 1 is 1.18 bits per heavy atom. The highest BCUT2D eigenvalue weighted by molar-refractivity contribution is 7.88. The summed E-state index contributed by atoms with van der Waals surface area (Å²) in [5.74, 6) is -0.102. The fourth-order valence-electron chi connectivity index (χ4n) is 2.03. The number of rotatable bonds is 6. The molecule has 2 rings (SSSR count). The van der Waals surface area contributed by atoms with Crippen molar-refractivity contribution in [3.8, 4) is 6.07 Å². The second-order valence-corrected chi connectivity index (χ2v) is 7.07. The van der Waals surface area contributed by atoms with Gasteiger partial charge in [0.1, 0.15) is 0 Å². The van der Waals surface area contributed by atoms with E-state index in [0.29, 0.717) is 24.1 Å². The summed E-state index contributed by atoms with van der Waals surface area (Å²) in [5, 5.41) is 8.86. The SMILES string of the molecule is CN(CCc1ccncc1)S(=O)(=O)Cc1cccc(C#N)c1. The van der Waals surface area contributed by atoms with Gasteiger partial charge >= 0.3 is 0 Å². The second kappa shape index (κ2) is 7.16. The van der Waals surface area contributed by atoms with Crippen molar-refractivity contribution in [3.63, 3.8) is 0 Å². The van der Waals surface area contributed by atoms with Crippen molar-refractivity contribution in [3.05, 3.63) is 65.5 Å². The fourth-order valence-corrected chi connectivity index (χ4v) is 3.22. The van der Waals surface area contributed by atoms with Crippen LogP contribution in [0.25, 0.3) is 0 Å². The molecule has 0 fully saturated rings. The normalized spacial score (nSPS) is 11.3. The van der Waals surface area contributed by atoms with Crippen LogP contribution in [-0.4, -0.2) is 31.3 Å². The van der Waals surface area contributed by atoms with Gasteiger partial charge in [-0.3, -0.25) is 4.98 Å². The van der Waals surface area contributed by atoms with Crippen LogP contribution in [0, 0.1) is 11.3 Å².